The molecule has 54 heavy (non-hydrogen) atoms. The first-order valence-electron chi connectivity index (χ1n) is 18.5. The van der Waals surface area contributed by atoms with Gasteiger partial charge in [-0.3, -0.25) is 0 Å². The Morgan fingerprint density at radius 3 is 1.46 bits per heavy atom. The van der Waals surface area contributed by atoms with Crippen LogP contribution in [-0.2, 0) is 0 Å². The Balaban J connectivity index is 1.09. The summed E-state index contributed by atoms with van der Waals surface area (Å²) in [6.07, 6.45) is 0. The van der Waals surface area contributed by atoms with E-state index in [1.165, 1.54) is 66.0 Å². The number of rotatable bonds is 7. The Hall–Kier alpha value is -7.16. The Labute approximate surface area is 315 Å². The van der Waals surface area contributed by atoms with Crippen molar-refractivity contribution < 1.29 is 0 Å². The molecule has 9 aromatic carbocycles. The molecule has 0 aliphatic heterocycles. The van der Waals surface area contributed by atoms with Crippen LogP contribution in [0.3, 0.4) is 0 Å². The van der Waals surface area contributed by atoms with E-state index in [1.807, 2.05) is 0 Å². The van der Waals surface area contributed by atoms with Gasteiger partial charge in [-0.05, 0) is 117 Å². The van der Waals surface area contributed by atoms with E-state index in [-0.39, 0.29) is 0 Å². The van der Waals surface area contributed by atoms with Gasteiger partial charge in [-0.1, -0.05) is 146 Å². The van der Waals surface area contributed by atoms with E-state index in [9.17, 15) is 0 Å². The molecule has 10 aromatic rings. The van der Waals surface area contributed by atoms with Gasteiger partial charge in [-0.2, -0.15) is 0 Å². The third-order valence-electron chi connectivity index (χ3n) is 10.6. The van der Waals surface area contributed by atoms with E-state index in [1.54, 1.807) is 0 Å². The van der Waals surface area contributed by atoms with Crippen LogP contribution in [0.15, 0.2) is 218 Å². The second-order valence-corrected chi connectivity index (χ2v) is 13.8. The largest absolute Gasteiger partial charge is 0.310 e. The minimum absolute atomic E-state index is 1.09. The highest BCUT2D eigenvalue weighted by molar-refractivity contribution is 6.09. The third-order valence-corrected chi connectivity index (χ3v) is 10.6. The fraction of sp³-hybridized carbons (Fsp3) is 0. The monoisotopic (exact) mass is 688 g/mol. The summed E-state index contributed by atoms with van der Waals surface area (Å²) in [4.78, 5) is 2.37. The van der Waals surface area contributed by atoms with Crippen molar-refractivity contribution in [1.82, 2.24) is 4.57 Å². The molecule has 2 nitrogen and oxygen atoms in total. The molecule has 0 aliphatic rings. The van der Waals surface area contributed by atoms with Crippen LogP contribution < -0.4 is 4.90 Å². The second kappa shape index (κ2) is 13.4. The zero-order valence-corrected chi connectivity index (χ0v) is 29.7. The molecule has 0 fully saturated rings. The van der Waals surface area contributed by atoms with Gasteiger partial charge >= 0.3 is 0 Å². The van der Waals surface area contributed by atoms with Crippen LogP contribution in [0.1, 0.15) is 0 Å². The number of hydrogen-bond acceptors (Lipinski definition) is 1. The molecule has 254 valence electrons. The highest BCUT2D eigenvalue weighted by atomic mass is 15.1. The van der Waals surface area contributed by atoms with E-state index >= 15 is 0 Å². The third kappa shape index (κ3) is 5.62. The van der Waals surface area contributed by atoms with Crippen LogP contribution in [-0.4, -0.2) is 4.57 Å². The topological polar surface area (TPSA) is 8.17 Å². The van der Waals surface area contributed by atoms with Crippen LogP contribution in [0.5, 0.6) is 0 Å². The van der Waals surface area contributed by atoms with Gasteiger partial charge in [-0.15, -0.1) is 0 Å². The maximum absolute atomic E-state index is 2.37. The summed E-state index contributed by atoms with van der Waals surface area (Å²) in [6.45, 7) is 0. The fourth-order valence-corrected chi connectivity index (χ4v) is 7.99. The van der Waals surface area contributed by atoms with E-state index in [0.717, 1.165) is 22.7 Å². The molecule has 0 amide bonds. The van der Waals surface area contributed by atoms with Crippen molar-refractivity contribution in [2.75, 3.05) is 4.90 Å². The molecule has 10 rings (SSSR count). The lowest BCUT2D eigenvalue weighted by atomic mass is 9.93. The van der Waals surface area contributed by atoms with Crippen LogP contribution >= 0.6 is 0 Å². The average Bonchev–Trinajstić information content (AvgIpc) is 3.59. The second-order valence-electron chi connectivity index (χ2n) is 13.8. The number of hydrogen-bond donors (Lipinski definition) is 0. The molecule has 0 N–H and O–H groups in total. The molecule has 1 aromatic heterocycles. The zero-order chi connectivity index (χ0) is 35.8. The lowest BCUT2D eigenvalue weighted by Gasteiger charge is -2.26. The molecule has 0 unspecified atom stereocenters. The van der Waals surface area contributed by atoms with Gasteiger partial charge in [-0.25, -0.2) is 0 Å². The summed E-state index contributed by atoms with van der Waals surface area (Å²) in [7, 11) is 0. The predicted octanol–water partition coefficient (Wildman–Crippen LogP) is 14.4. The first-order chi connectivity index (χ1) is 26.8. The molecule has 0 aliphatic carbocycles. The molecular formula is C52H36N2. The lowest BCUT2D eigenvalue weighted by Crippen LogP contribution is -2.10. The molecular weight excluding hydrogens is 653 g/mol. The number of nitrogens with zero attached hydrogens (tertiary/aromatic N) is 2. The SMILES string of the molecule is c1ccc(-c2cccc(N(c3ccc(-c4cc(-c5ccccc5)cc5ccccc45)cc3)c3ccc(-n4c5ccccc5c5ccccc54)cc3)c2)cc1. The van der Waals surface area contributed by atoms with E-state index in [0.29, 0.717) is 0 Å². The van der Waals surface area contributed by atoms with E-state index in [4.69, 9.17) is 0 Å². The van der Waals surface area contributed by atoms with Crippen molar-refractivity contribution in [3.8, 4) is 39.1 Å². The highest BCUT2D eigenvalue weighted by Gasteiger charge is 2.17. The summed E-state index contributed by atoms with van der Waals surface area (Å²) in [5.41, 5.74) is 14.1. The summed E-state index contributed by atoms with van der Waals surface area (Å²) in [6, 6.07) is 78.9. The minimum atomic E-state index is 1.09. The van der Waals surface area contributed by atoms with Crippen molar-refractivity contribution in [2.45, 2.75) is 0 Å². The van der Waals surface area contributed by atoms with Crippen molar-refractivity contribution >= 4 is 49.6 Å². The summed E-state index contributed by atoms with van der Waals surface area (Å²) < 4.78 is 2.37. The molecule has 1 heterocycles. The predicted molar refractivity (Wildman–Crippen MR) is 229 cm³/mol. The fourth-order valence-electron chi connectivity index (χ4n) is 7.99. The van der Waals surface area contributed by atoms with Gasteiger partial charge in [0.2, 0.25) is 0 Å². The highest BCUT2D eigenvalue weighted by Crippen LogP contribution is 2.40. The Morgan fingerprint density at radius 1 is 0.296 bits per heavy atom. The van der Waals surface area contributed by atoms with Crippen molar-refractivity contribution in [2.24, 2.45) is 0 Å². The van der Waals surface area contributed by atoms with Crippen LogP contribution in [0.4, 0.5) is 17.1 Å². The van der Waals surface area contributed by atoms with Crippen LogP contribution in [0, 0.1) is 0 Å². The number of fused-ring (bicyclic) bond motifs is 4. The first kappa shape index (κ1) is 31.6. The lowest BCUT2D eigenvalue weighted by molar-refractivity contribution is 1.17. The van der Waals surface area contributed by atoms with Gasteiger partial charge in [0.05, 0.1) is 11.0 Å². The number of benzene rings is 9. The van der Waals surface area contributed by atoms with Gasteiger partial charge in [0, 0.05) is 33.5 Å². The molecule has 0 saturated carbocycles. The molecule has 2 heteroatoms. The summed E-state index contributed by atoms with van der Waals surface area (Å²) in [5.74, 6) is 0. The smallest absolute Gasteiger partial charge is 0.0541 e. The molecule has 0 saturated heterocycles. The zero-order valence-electron chi connectivity index (χ0n) is 29.7. The molecule has 0 radical (unpaired) electrons. The van der Waals surface area contributed by atoms with Gasteiger partial charge < -0.3 is 9.47 Å². The van der Waals surface area contributed by atoms with Crippen molar-refractivity contribution in [3.63, 3.8) is 0 Å². The Kier molecular flexibility index (Phi) is 7.85. The molecule has 0 bridgehead atoms. The Morgan fingerprint density at radius 2 is 0.815 bits per heavy atom. The normalized spacial score (nSPS) is 11.3. The van der Waals surface area contributed by atoms with Gasteiger partial charge in [0.15, 0.2) is 0 Å². The Bertz CT molecular complexity index is 2850. The number of para-hydroxylation sites is 2. The van der Waals surface area contributed by atoms with Crippen molar-refractivity contribution in [1.29, 1.82) is 0 Å². The summed E-state index contributed by atoms with van der Waals surface area (Å²) >= 11 is 0. The molecule has 0 atom stereocenters. The maximum Gasteiger partial charge on any atom is 0.0541 e. The summed E-state index contributed by atoms with van der Waals surface area (Å²) in [5, 5.41) is 5.01. The maximum atomic E-state index is 2.37. The number of aromatic nitrogens is 1. The van der Waals surface area contributed by atoms with Crippen LogP contribution in [0.25, 0.3) is 71.6 Å². The average molecular weight is 689 g/mol. The van der Waals surface area contributed by atoms with Crippen molar-refractivity contribution in [3.05, 3.63) is 218 Å². The van der Waals surface area contributed by atoms with Crippen LogP contribution in [0.2, 0.25) is 0 Å². The van der Waals surface area contributed by atoms with E-state index < -0.39 is 0 Å². The quantitative estimate of drug-likeness (QED) is 0.162. The standard InChI is InChI=1S/C52H36N2/c1-3-14-37(15-4-1)40-19-13-20-46(35-40)53(44-30-32-45(33-31-44)54-51-24-11-9-22-48(51)49-23-10-12-25-52(49)54)43-28-26-39(27-29-43)50-36-42(38-16-5-2-6-17-38)34-41-18-7-8-21-47(41)50/h1-36H. The van der Waals surface area contributed by atoms with E-state index in [2.05, 4.69) is 228 Å². The first-order valence-corrected chi connectivity index (χ1v) is 18.5. The van der Waals surface area contributed by atoms with Gasteiger partial charge in [0.25, 0.3) is 0 Å². The van der Waals surface area contributed by atoms with Gasteiger partial charge in [0.1, 0.15) is 0 Å². The number of anilines is 3. The minimum Gasteiger partial charge on any atom is -0.310 e. The molecule has 0 spiro atoms.